The molecule has 2 atom stereocenters. The van der Waals surface area contributed by atoms with Crippen molar-refractivity contribution in [3.8, 4) is 0 Å². The smallest absolute Gasteiger partial charge is 0.0558 e. The molecular formula is C15H15BrClN3. The fourth-order valence-electron chi connectivity index (χ4n) is 2.94. The molecule has 104 valence electrons. The zero-order valence-corrected chi connectivity index (χ0v) is 13.2. The van der Waals surface area contributed by atoms with Crippen molar-refractivity contribution in [1.29, 1.82) is 0 Å². The Hall–Kier alpha value is -0.940. The summed E-state index contributed by atoms with van der Waals surface area (Å²) in [5.74, 6) is 6.06. The number of nitrogens with zero attached hydrogens (tertiary/aromatic N) is 1. The monoisotopic (exact) mass is 351 g/mol. The number of hydrogen-bond acceptors (Lipinski definition) is 3. The van der Waals surface area contributed by atoms with Crippen molar-refractivity contribution in [3.05, 3.63) is 62.8 Å². The number of hydrazine groups is 1. The van der Waals surface area contributed by atoms with Crippen molar-refractivity contribution >= 4 is 27.5 Å². The Kier molecular flexibility index (Phi) is 4.08. The first-order valence-electron chi connectivity index (χ1n) is 6.55. The minimum Gasteiger partial charge on any atom is -0.271 e. The number of aromatic nitrogens is 1. The molecule has 20 heavy (non-hydrogen) atoms. The largest absolute Gasteiger partial charge is 0.271 e. The van der Waals surface area contributed by atoms with E-state index in [-0.39, 0.29) is 12.0 Å². The molecule has 1 heterocycles. The molecule has 0 aliphatic heterocycles. The number of hydrogen-bond donors (Lipinski definition) is 2. The van der Waals surface area contributed by atoms with Crippen LogP contribution < -0.4 is 11.3 Å². The highest BCUT2D eigenvalue weighted by atomic mass is 79.9. The van der Waals surface area contributed by atoms with Crippen molar-refractivity contribution in [2.75, 3.05) is 0 Å². The van der Waals surface area contributed by atoms with Gasteiger partial charge in [0.2, 0.25) is 0 Å². The topological polar surface area (TPSA) is 50.9 Å². The molecule has 1 aromatic heterocycles. The third-order valence-corrected chi connectivity index (χ3v) is 4.70. The summed E-state index contributed by atoms with van der Waals surface area (Å²) in [7, 11) is 0. The molecule has 5 heteroatoms. The van der Waals surface area contributed by atoms with Gasteiger partial charge in [0.1, 0.15) is 0 Å². The molecule has 3 rings (SSSR count). The van der Waals surface area contributed by atoms with Crippen LogP contribution in [0.1, 0.15) is 35.2 Å². The minimum absolute atomic E-state index is 0.0215. The van der Waals surface area contributed by atoms with E-state index in [0.29, 0.717) is 5.02 Å². The zero-order chi connectivity index (χ0) is 14.1. The Morgan fingerprint density at radius 1 is 1.40 bits per heavy atom. The zero-order valence-electron chi connectivity index (χ0n) is 10.8. The lowest BCUT2D eigenvalue weighted by Gasteiger charge is -2.24. The van der Waals surface area contributed by atoms with Crippen LogP contribution in [0, 0.1) is 0 Å². The van der Waals surface area contributed by atoms with Crippen LogP contribution in [0.2, 0.25) is 5.02 Å². The van der Waals surface area contributed by atoms with Gasteiger partial charge in [0.25, 0.3) is 0 Å². The van der Waals surface area contributed by atoms with E-state index in [0.717, 1.165) is 28.6 Å². The number of halogens is 2. The fourth-order valence-corrected chi connectivity index (χ4v) is 3.74. The second-order valence-electron chi connectivity index (χ2n) is 5.00. The van der Waals surface area contributed by atoms with Crippen molar-refractivity contribution in [3.63, 3.8) is 0 Å². The van der Waals surface area contributed by atoms with Crippen LogP contribution in [0.15, 0.2) is 41.0 Å². The molecule has 3 N–H and O–H groups in total. The van der Waals surface area contributed by atoms with Gasteiger partial charge in [0.05, 0.1) is 6.04 Å². The normalized spacial score (nSPS) is 18.9. The number of fused-ring (bicyclic) bond motifs is 1. The quantitative estimate of drug-likeness (QED) is 0.653. The number of rotatable bonds is 3. The maximum Gasteiger partial charge on any atom is 0.0558 e. The van der Waals surface area contributed by atoms with E-state index >= 15 is 0 Å². The van der Waals surface area contributed by atoms with Crippen molar-refractivity contribution in [1.82, 2.24) is 10.4 Å². The average Bonchev–Trinajstić information content (AvgIpc) is 2.86. The molecule has 3 nitrogen and oxygen atoms in total. The lowest BCUT2D eigenvalue weighted by Crippen LogP contribution is -2.32. The summed E-state index contributed by atoms with van der Waals surface area (Å²) >= 11 is 9.79. The number of nitrogens with one attached hydrogen (secondary N) is 1. The molecular weight excluding hydrogens is 338 g/mol. The summed E-state index contributed by atoms with van der Waals surface area (Å²) in [6, 6.07) is 10.00. The van der Waals surface area contributed by atoms with Crippen LogP contribution in [0.5, 0.6) is 0 Å². The first kappa shape index (κ1) is 14.0. The van der Waals surface area contributed by atoms with Crippen molar-refractivity contribution in [2.24, 2.45) is 5.84 Å². The lowest BCUT2D eigenvalue weighted by molar-refractivity contribution is 0.447. The Labute approximate surface area is 131 Å². The van der Waals surface area contributed by atoms with Crippen LogP contribution in [0.25, 0.3) is 0 Å². The van der Waals surface area contributed by atoms with Crippen LogP contribution in [0.4, 0.5) is 0 Å². The van der Waals surface area contributed by atoms with E-state index in [9.17, 15) is 0 Å². The van der Waals surface area contributed by atoms with Gasteiger partial charge < -0.3 is 0 Å². The van der Waals surface area contributed by atoms with Gasteiger partial charge in [-0.3, -0.25) is 16.3 Å². The SMILES string of the molecule is NNC(c1ccc(Br)cc1Cl)C1CCc2cccnc21. The first-order valence-corrected chi connectivity index (χ1v) is 7.72. The van der Waals surface area contributed by atoms with Crippen LogP contribution in [-0.4, -0.2) is 4.98 Å². The summed E-state index contributed by atoms with van der Waals surface area (Å²) in [6.45, 7) is 0. The molecule has 0 radical (unpaired) electrons. The second-order valence-corrected chi connectivity index (χ2v) is 6.33. The van der Waals surface area contributed by atoms with Crippen LogP contribution in [-0.2, 0) is 6.42 Å². The lowest BCUT2D eigenvalue weighted by atomic mass is 9.91. The van der Waals surface area contributed by atoms with E-state index in [1.165, 1.54) is 5.56 Å². The highest BCUT2D eigenvalue weighted by Gasteiger charge is 2.32. The van der Waals surface area contributed by atoms with Gasteiger partial charge in [0.15, 0.2) is 0 Å². The molecule has 0 amide bonds. The summed E-state index contributed by atoms with van der Waals surface area (Å²) in [5.41, 5.74) is 6.38. The summed E-state index contributed by atoms with van der Waals surface area (Å²) < 4.78 is 0.965. The first-order chi connectivity index (χ1) is 9.70. The minimum atomic E-state index is -0.0215. The summed E-state index contributed by atoms with van der Waals surface area (Å²) in [5, 5.41) is 0.715. The third-order valence-electron chi connectivity index (χ3n) is 3.88. The third kappa shape index (κ3) is 2.49. The molecule has 0 spiro atoms. The van der Waals surface area contributed by atoms with E-state index < -0.39 is 0 Å². The Morgan fingerprint density at radius 3 is 3.00 bits per heavy atom. The summed E-state index contributed by atoms with van der Waals surface area (Å²) in [4.78, 5) is 4.53. The highest BCUT2D eigenvalue weighted by Crippen LogP contribution is 2.42. The molecule has 2 unspecified atom stereocenters. The van der Waals surface area contributed by atoms with E-state index in [1.54, 1.807) is 0 Å². The van der Waals surface area contributed by atoms with Crippen LogP contribution >= 0.6 is 27.5 Å². The predicted octanol–water partition coefficient (Wildman–Crippen LogP) is 3.73. The molecule has 1 aromatic carbocycles. The van der Waals surface area contributed by atoms with Gasteiger partial charge in [-0.05, 0) is 42.2 Å². The second kappa shape index (κ2) is 5.82. The highest BCUT2D eigenvalue weighted by molar-refractivity contribution is 9.10. The van der Waals surface area contributed by atoms with E-state index in [4.69, 9.17) is 17.4 Å². The Morgan fingerprint density at radius 2 is 2.25 bits per heavy atom. The molecule has 1 aliphatic carbocycles. The average molecular weight is 353 g/mol. The molecule has 0 saturated carbocycles. The maximum absolute atomic E-state index is 6.36. The number of benzene rings is 1. The number of aryl methyl sites for hydroxylation is 1. The van der Waals surface area contributed by atoms with Gasteiger partial charge in [-0.25, -0.2) is 0 Å². The Balaban J connectivity index is 1.99. The molecule has 0 bridgehead atoms. The van der Waals surface area contributed by atoms with E-state index in [2.05, 4.69) is 32.4 Å². The van der Waals surface area contributed by atoms with E-state index in [1.807, 2.05) is 30.5 Å². The van der Waals surface area contributed by atoms with Gasteiger partial charge >= 0.3 is 0 Å². The van der Waals surface area contributed by atoms with Gasteiger partial charge in [-0.2, -0.15) is 0 Å². The molecule has 1 aliphatic rings. The fraction of sp³-hybridized carbons (Fsp3) is 0.267. The van der Waals surface area contributed by atoms with Gasteiger partial charge in [-0.15, -0.1) is 0 Å². The van der Waals surface area contributed by atoms with Gasteiger partial charge in [-0.1, -0.05) is 39.7 Å². The van der Waals surface area contributed by atoms with Crippen molar-refractivity contribution < 1.29 is 0 Å². The number of pyridine rings is 1. The Bertz CT molecular complexity index is 632. The number of nitrogens with two attached hydrogens (primary N) is 1. The molecule has 0 fully saturated rings. The summed E-state index contributed by atoms with van der Waals surface area (Å²) in [6.07, 6.45) is 3.92. The van der Waals surface area contributed by atoms with Crippen molar-refractivity contribution in [2.45, 2.75) is 24.8 Å². The molecule has 2 aromatic rings. The predicted molar refractivity (Wildman–Crippen MR) is 84.5 cm³/mol. The molecule has 0 saturated heterocycles. The standard InChI is InChI=1S/C15H15BrClN3/c16-10-4-6-11(13(17)8-10)15(20-18)12-5-3-9-2-1-7-19-14(9)12/h1-2,4,6-8,12,15,20H,3,5,18H2. The maximum atomic E-state index is 6.36. The van der Waals surface area contributed by atoms with Crippen LogP contribution in [0.3, 0.4) is 0 Å². The van der Waals surface area contributed by atoms with Gasteiger partial charge in [0, 0.05) is 27.3 Å².